The monoisotopic (exact) mass is 247 g/mol. The Labute approximate surface area is 93.9 Å². The molecule has 0 N–H and O–H groups in total. The summed E-state index contributed by atoms with van der Waals surface area (Å²) < 4.78 is 32.6. The first-order chi connectivity index (χ1) is 7.90. The predicted molar refractivity (Wildman–Crippen MR) is 51.0 cm³/mol. The van der Waals surface area contributed by atoms with Gasteiger partial charge >= 0.3 is 18.3 Å². The number of ether oxygens (including phenoxy) is 2. The van der Waals surface area contributed by atoms with E-state index in [0.29, 0.717) is 0 Å². The van der Waals surface area contributed by atoms with Gasteiger partial charge in [0.25, 0.3) is 0 Å². The molecule has 0 atom stereocenters. The van der Waals surface area contributed by atoms with Crippen molar-refractivity contribution in [2.75, 3.05) is 0 Å². The smallest absolute Gasteiger partial charge is 0.387 e. The predicted octanol–water partition coefficient (Wildman–Crippen LogP) is 2.12. The maximum absolute atomic E-state index is 12.0. The number of hydrogen-bond acceptors (Lipinski definition) is 5. The Morgan fingerprint density at radius 1 is 1.47 bits per heavy atom. The third-order valence-electron chi connectivity index (χ3n) is 1.61. The van der Waals surface area contributed by atoms with Gasteiger partial charge in [-0.2, -0.15) is 8.78 Å². The van der Waals surface area contributed by atoms with Crippen molar-refractivity contribution in [3.8, 4) is 11.5 Å². The summed E-state index contributed by atoms with van der Waals surface area (Å²) in [4.78, 5) is 20.3. The van der Waals surface area contributed by atoms with E-state index >= 15 is 0 Å². The molecule has 0 radical (unpaired) electrons. The minimum atomic E-state index is -3.21. The minimum absolute atomic E-state index is 0.112. The zero-order valence-electron chi connectivity index (χ0n) is 8.55. The quantitative estimate of drug-likeness (QED) is 0.352. The fourth-order valence-electron chi connectivity index (χ4n) is 1.07. The van der Waals surface area contributed by atoms with Gasteiger partial charge in [-0.15, -0.1) is 0 Å². The lowest BCUT2D eigenvalue weighted by atomic mass is 10.3. The fourth-order valence-corrected chi connectivity index (χ4v) is 1.07. The molecule has 0 fully saturated rings. The van der Waals surface area contributed by atoms with Gasteiger partial charge in [0.2, 0.25) is 5.75 Å². The summed E-state index contributed by atoms with van der Waals surface area (Å²) in [5.41, 5.74) is -0.638. The lowest BCUT2D eigenvalue weighted by Crippen LogP contribution is -2.06. The summed E-state index contributed by atoms with van der Waals surface area (Å²) in [6.45, 7) is -2.10. The highest BCUT2D eigenvalue weighted by molar-refractivity contribution is 5.69. The fraction of sp³-hybridized carbons (Fsp3) is 0.222. The molecule has 0 aliphatic carbocycles. The number of halogens is 2. The molecule has 1 aromatic carbocycles. The van der Waals surface area contributed by atoms with E-state index in [9.17, 15) is 23.7 Å². The maximum atomic E-state index is 12.0. The van der Waals surface area contributed by atoms with Crippen LogP contribution in [0.3, 0.4) is 0 Å². The van der Waals surface area contributed by atoms with E-state index in [4.69, 9.17) is 0 Å². The van der Waals surface area contributed by atoms with Gasteiger partial charge in [0.05, 0.1) is 4.92 Å². The van der Waals surface area contributed by atoms with Gasteiger partial charge in [0, 0.05) is 19.1 Å². The van der Waals surface area contributed by atoms with Gasteiger partial charge in [-0.3, -0.25) is 14.9 Å². The summed E-state index contributed by atoms with van der Waals surface area (Å²) in [5, 5.41) is 10.5. The van der Waals surface area contributed by atoms with Crippen LogP contribution in [-0.4, -0.2) is 17.5 Å². The molecule has 1 aromatic rings. The number of nitro groups is 1. The molecule has 0 aliphatic rings. The van der Waals surface area contributed by atoms with Crippen LogP contribution in [0.1, 0.15) is 6.92 Å². The molecule has 92 valence electrons. The molecule has 0 heterocycles. The number of carbonyl (C=O) groups excluding carboxylic acids is 1. The van der Waals surface area contributed by atoms with Crippen LogP contribution < -0.4 is 9.47 Å². The summed E-state index contributed by atoms with van der Waals surface area (Å²) in [6.07, 6.45) is 0. The van der Waals surface area contributed by atoms with Gasteiger partial charge in [0.15, 0.2) is 0 Å². The van der Waals surface area contributed by atoms with Crippen LogP contribution in [0.15, 0.2) is 18.2 Å². The SMILES string of the molecule is CC(=O)Oc1ccc([N+](=O)[O-])c(OC(F)F)c1. The summed E-state index contributed by atoms with van der Waals surface area (Å²) in [7, 11) is 0. The Bertz CT molecular complexity index is 449. The summed E-state index contributed by atoms with van der Waals surface area (Å²) in [6, 6.07) is 2.87. The van der Waals surface area contributed by atoms with Crippen molar-refractivity contribution in [3.63, 3.8) is 0 Å². The molecule has 8 heteroatoms. The highest BCUT2D eigenvalue weighted by Gasteiger charge is 2.19. The first-order valence-corrected chi connectivity index (χ1v) is 4.32. The van der Waals surface area contributed by atoms with Crippen molar-refractivity contribution in [2.45, 2.75) is 13.5 Å². The van der Waals surface area contributed by atoms with Crippen LogP contribution in [0.25, 0.3) is 0 Å². The van der Waals surface area contributed by atoms with Gasteiger partial charge in [-0.25, -0.2) is 0 Å². The minimum Gasteiger partial charge on any atom is -0.427 e. The maximum Gasteiger partial charge on any atom is 0.387 e. The highest BCUT2D eigenvalue weighted by atomic mass is 19.3. The topological polar surface area (TPSA) is 78.7 Å². The normalized spacial score (nSPS) is 10.1. The number of nitro benzene ring substituents is 1. The summed E-state index contributed by atoms with van der Waals surface area (Å²) >= 11 is 0. The second kappa shape index (κ2) is 5.19. The third-order valence-corrected chi connectivity index (χ3v) is 1.61. The van der Waals surface area contributed by atoms with E-state index in [1.165, 1.54) is 0 Å². The van der Waals surface area contributed by atoms with Gasteiger partial charge < -0.3 is 9.47 Å². The van der Waals surface area contributed by atoms with Crippen LogP contribution >= 0.6 is 0 Å². The molecule has 0 amide bonds. The van der Waals surface area contributed by atoms with Crippen LogP contribution in [0, 0.1) is 10.1 Å². The van der Waals surface area contributed by atoms with Crippen molar-refractivity contribution in [2.24, 2.45) is 0 Å². The van der Waals surface area contributed by atoms with Crippen LogP contribution in [0.2, 0.25) is 0 Å². The second-order valence-corrected chi connectivity index (χ2v) is 2.86. The van der Waals surface area contributed by atoms with E-state index in [0.717, 1.165) is 25.1 Å². The number of esters is 1. The zero-order valence-corrected chi connectivity index (χ0v) is 8.55. The molecule has 0 aromatic heterocycles. The number of hydrogen-bond donors (Lipinski definition) is 0. The largest absolute Gasteiger partial charge is 0.427 e. The first-order valence-electron chi connectivity index (χ1n) is 4.32. The molecular formula is C9H7F2NO5. The molecule has 0 spiro atoms. The van der Waals surface area contributed by atoms with E-state index in [2.05, 4.69) is 9.47 Å². The number of carbonyl (C=O) groups is 1. The average molecular weight is 247 g/mol. The van der Waals surface area contributed by atoms with Gasteiger partial charge in [-0.05, 0) is 6.07 Å². The van der Waals surface area contributed by atoms with E-state index in [-0.39, 0.29) is 5.75 Å². The number of alkyl halides is 2. The van der Waals surface area contributed by atoms with Crippen LogP contribution in [0.4, 0.5) is 14.5 Å². The molecule has 0 bridgehead atoms. The summed E-state index contributed by atoms with van der Waals surface area (Å²) in [5.74, 6) is -1.45. The molecule has 1 rings (SSSR count). The first kappa shape index (κ1) is 12.8. The molecular weight excluding hydrogens is 240 g/mol. The number of rotatable bonds is 4. The van der Waals surface area contributed by atoms with Crippen molar-refractivity contribution < 1.29 is 28.0 Å². The molecule has 0 saturated heterocycles. The van der Waals surface area contributed by atoms with Crippen molar-refractivity contribution >= 4 is 11.7 Å². The van der Waals surface area contributed by atoms with Gasteiger partial charge in [-0.1, -0.05) is 0 Å². The lowest BCUT2D eigenvalue weighted by Gasteiger charge is -2.07. The number of benzene rings is 1. The average Bonchev–Trinajstić information content (AvgIpc) is 2.15. The third kappa shape index (κ3) is 3.67. The Balaban J connectivity index is 3.09. The van der Waals surface area contributed by atoms with Crippen molar-refractivity contribution in [1.82, 2.24) is 0 Å². The Kier molecular flexibility index (Phi) is 3.91. The van der Waals surface area contributed by atoms with Gasteiger partial charge in [0.1, 0.15) is 5.75 Å². The van der Waals surface area contributed by atoms with E-state index in [1.54, 1.807) is 0 Å². The second-order valence-electron chi connectivity index (χ2n) is 2.86. The Morgan fingerprint density at radius 3 is 2.59 bits per heavy atom. The highest BCUT2D eigenvalue weighted by Crippen LogP contribution is 2.32. The Hall–Kier alpha value is -2.25. The standard InChI is InChI=1S/C9H7F2NO5/c1-5(13)16-6-2-3-7(12(14)15)8(4-6)17-9(10)11/h2-4,9H,1H3. The molecule has 0 saturated carbocycles. The molecule has 6 nitrogen and oxygen atoms in total. The van der Waals surface area contributed by atoms with Crippen LogP contribution in [0.5, 0.6) is 11.5 Å². The Morgan fingerprint density at radius 2 is 2.12 bits per heavy atom. The van der Waals surface area contributed by atoms with E-state index < -0.39 is 28.9 Å². The van der Waals surface area contributed by atoms with Crippen LogP contribution in [-0.2, 0) is 4.79 Å². The zero-order chi connectivity index (χ0) is 13.0. The molecule has 17 heavy (non-hydrogen) atoms. The van der Waals surface area contributed by atoms with Crippen molar-refractivity contribution in [3.05, 3.63) is 28.3 Å². The molecule has 0 aliphatic heterocycles. The number of nitrogens with zero attached hydrogens (tertiary/aromatic N) is 1. The van der Waals surface area contributed by atoms with Crippen molar-refractivity contribution in [1.29, 1.82) is 0 Å². The van der Waals surface area contributed by atoms with E-state index in [1.807, 2.05) is 0 Å². The lowest BCUT2D eigenvalue weighted by molar-refractivity contribution is -0.386. The molecule has 0 unspecified atom stereocenters.